The number of pyridine rings is 1. The van der Waals surface area contributed by atoms with Crippen molar-refractivity contribution < 1.29 is 14.5 Å². The molecule has 0 fully saturated rings. The van der Waals surface area contributed by atoms with Crippen molar-refractivity contribution in [1.82, 2.24) is 0 Å². The minimum Gasteiger partial charge on any atom is -0.481 e. The van der Waals surface area contributed by atoms with E-state index in [2.05, 4.69) is 53.5 Å². The Morgan fingerprint density at radius 2 is 2.10 bits per heavy atom. The summed E-state index contributed by atoms with van der Waals surface area (Å²) < 4.78 is 3.24. The molecule has 0 saturated carbocycles. The molecule has 5 heteroatoms. The molecule has 21 heavy (non-hydrogen) atoms. The molecule has 0 radical (unpaired) electrons. The van der Waals surface area contributed by atoms with Gasteiger partial charge >= 0.3 is 11.8 Å². The highest BCUT2D eigenvalue weighted by molar-refractivity contribution is 9.10. The van der Waals surface area contributed by atoms with Crippen molar-refractivity contribution in [1.29, 1.82) is 0 Å². The van der Waals surface area contributed by atoms with E-state index in [1.54, 1.807) is 0 Å². The van der Waals surface area contributed by atoms with E-state index in [-0.39, 0.29) is 11.8 Å². The van der Waals surface area contributed by atoms with Gasteiger partial charge in [0, 0.05) is 6.42 Å². The summed E-state index contributed by atoms with van der Waals surface area (Å²) in [5, 5.41) is 8.65. The minimum absolute atomic E-state index is 0.0236. The number of aryl methyl sites for hydroxylation is 1. The molecule has 1 aliphatic heterocycles. The first-order valence-corrected chi connectivity index (χ1v) is 8.12. The van der Waals surface area contributed by atoms with Crippen LogP contribution in [0.1, 0.15) is 52.0 Å². The molecule has 0 bridgehead atoms. The second-order valence-corrected chi connectivity index (χ2v) is 7.03. The lowest BCUT2D eigenvalue weighted by Crippen LogP contribution is -2.35. The highest BCUT2D eigenvalue weighted by Crippen LogP contribution is 2.38. The fourth-order valence-electron chi connectivity index (χ4n) is 2.59. The number of fused-ring (bicyclic) bond motifs is 1. The van der Waals surface area contributed by atoms with Gasteiger partial charge in [-0.1, -0.05) is 0 Å². The standard InChI is InChI=1S/C16H21BrN2O2/c1-11-16(2,3)13-9-12(17)10-19(15(13)18-11)8-6-4-5-7-14(20)21/h9-10H,4-8H2,1-3H3/p+1. The lowest BCUT2D eigenvalue weighted by atomic mass is 9.83. The summed E-state index contributed by atoms with van der Waals surface area (Å²) in [6, 6.07) is 2.15. The Labute approximate surface area is 134 Å². The van der Waals surface area contributed by atoms with Gasteiger partial charge in [-0.05, 0) is 67.0 Å². The van der Waals surface area contributed by atoms with Gasteiger partial charge in [-0.15, -0.1) is 0 Å². The van der Waals surface area contributed by atoms with Crippen LogP contribution in [0.3, 0.4) is 0 Å². The van der Waals surface area contributed by atoms with Crippen molar-refractivity contribution in [3.8, 4) is 0 Å². The van der Waals surface area contributed by atoms with Crippen molar-refractivity contribution in [3.05, 3.63) is 22.3 Å². The van der Waals surface area contributed by atoms with Gasteiger partial charge in [0.15, 0.2) is 0 Å². The Kier molecular flexibility index (Phi) is 4.81. The van der Waals surface area contributed by atoms with Gasteiger partial charge in [-0.25, -0.2) is 4.57 Å². The van der Waals surface area contributed by atoms with Crippen molar-refractivity contribution in [2.24, 2.45) is 4.99 Å². The van der Waals surface area contributed by atoms with Gasteiger partial charge in [-0.3, -0.25) is 4.79 Å². The lowest BCUT2D eigenvalue weighted by Gasteiger charge is -2.16. The van der Waals surface area contributed by atoms with Crippen LogP contribution >= 0.6 is 15.9 Å². The summed E-state index contributed by atoms with van der Waals surface area (Å²) >= 11 is 3.58. The van der Waals surface area contributed by atoms with E-state index in [1.807, 2.05) is 0 Å². The SMILES string of the molecule is CC1=Nc2c(cc(Br)c[n+]2CCCCCC(=O)O)C1(C)C. The number of aliphatic carboxylic acids is 1. The van der Waals surface area contributed by atoms with Crippen LogP contribution in [-0.4, -0.2) is 16.8 Å². The van der Waals surface area contributed by atoms with Gasteiger partial charge in [0.2, 0.25) is 0 Å². The molecule has 0 amide bonds. The zero-order chi connectivity index (χ0) is 15.6. The monoisotopic (exact) mass is 353 g/mol. The third kappa shape index (κ3) is 3.51. The molecule has 0 aliphatic carbocycles. The maximum absolute atomic E-state index is 10.5. The van der Waals surface area contributed by atoms with E-state index in [9.17, 15) is 4.79 Å². The van der Waals surface area contributed by atoms with Crippen LogP contribution in [0.15, 0.2) is 21.7 Å². The van der Waals surface area contributed by atoms with Gasteiger partial charge < -0.3 is 5.11 Å². The second-order valence-electron chi connectivity index (χ2n) is 6.12. The van der Waals surface area contributed by atoms with Crippen molar-refractivity contribution >= 4 is 33.4 Å². The van der Waals surface area contributed by atoms with Gasteiger partial charge in [-0.2, -0.15) is 0 Å². The van der Waals surface area contributed by atoms with E-state index in [1.165, 1.54) is 5.56 Å². The number of hydrogen-bond acceptors (Lipinski definition) is 2. The summed E-state index contributed by atoms with van der Waals surface area (Å²) in [5.74, 6) is 0.326. The Balaban J connectivity index is 2.10. The van der Waals surface area contributed by atoms with Crippen LogP contribution in [0, 0.1) is 0 Å². The number of hydrogen-bond donors (Lipinski definition) is 1. The maximum Gasteiger partial charge on any atom is 0.327 e. The van der Waals surface area contributed by atoms with Gasteiger partial charge in [0.05, 0.1) is 22.0 Å². The molecule has 0 saturated heterocycles. The average Bonchev–Trinajstić information content (AvgIpc) is 2.61. The van der Waals surface area contributed by atoms with Crippen LogP contribution < -0.4 is 4.57 Å². The predicted octanol–water partition coefficient (Wildman–Crippen LogP) is 3.77. The quantitative estimate of drug-likeness (QED) is 0.625. The highest BCUT2D eigenvalue weighted by Gasteiger charge is 2.41. The summed E-state index contributed by atoms with van der Waals surface area (Å²) in [6.45, 7) is 7.34. The summed E-state index contributed by atoms with van der Waals surface area (Å²) in [7, 11) is 0. The third-order valence-corrected chi connectivity index (χ3v) is 4.65. The topological polar surface area (TPSA) is 53.5 Å². The molecular formula is C16H22BrN2O2+. The highest BCUT2D eigenvalue weighted by atomic mass is 79.9. The maximum atomic E-state index is 10.5. The number of carboxylic acids is 1. The molecule has 0 unspecified atom stereocenters. The Morgan fingerprint density at radius 3 is 2.76 bits per heavy atom. The number of unbranched alkanes of at least 4 members (excludes halogenated alkanes) is 2. The number of rotatable bonds is 6. The molecule has 114 valence electrons. The number of halogens is 1. The smallest absolute Gasteiger partial charge is 0.327 e. The van der Waals surface area contributed by atoms with Crippen LogP contribution in [-0.2, 0) is 16.8 Å². The number of carbonyl (C=O) groups is 1. The third-order valence-electron chi connectivity index (χ3n) is 4.22. The molecule has 2 rings (SSSR count). The normalized spacial score (nSPS) is 15.7. The number of carboxylic acid groups (broad SMARTS) is 1. The largest absolute Gasteiger partial charge is 0.481 e. The molecule has 1 N–H and O–H groups in total. The molecule has 0 aromatic carbocycles. The summed E-state index contributed by atoms with van der Waals surface area (Å²) in [4.78, 5) is 15.2. The zero-order valence-corrected chi connectivity index (χ0v) is 14.4. The second kappa shape index (κ2) is 6.26. The molecule has 1 aromatic rings. The molecular weight excluding hydrogens is 332 g/mol. The van der Waals surface area contributed by atoms with E-state index in [0.717, 1.165) is 41.8 Å². The minimum atomic E-state index is -0.715. The molecule has 4 nitrogen and oxygen atoms in total. The van der Waals surface area contributed by atoms with Gasteiger partial charge in [0.1, 0.15) is 11.9 Å². The zero-order valence-electron chi connectivity index (χ0n) is 12.8. The molecule has 0 atom stereocenters. The van der Waals surface area contributed by atoms with Crippen molar-refractivity contribution in [3.63, 3.8) is 0 Å². The predicted molar refractivity (Wildman–Crippen MR) is 86.2 cm³/mol. The molecule has 0 spiro atoms. The average molecular weight is 354 g/mol. The van der Waals surface area contributed by atoms with Crippen molar-refractivity contribution in [2.45, 2.75) is 58.4 Å². The first-order chi connectivity index (χ1) is 9.82. The fourth-order valence-corrected chi connectivity index (χ4v) is 3.06. The number of nitrogens with zero attached hydrogens (tertiary/aromatic N) is 2. The van der Waals surface area contributed by atoms with E-state index in [0.29, 0.717) is 0 Å². The fraction of sp³-hybridized carbons (Fsp3) is 0.562. The first-order valence-electron chi connectivity index (χ1n) is 7.33. The van der Waals surface area contributed by atoms with E-state index >= 15 is 0 Å². The molecule has 2 heterocycles. The Bertz CT molecular complexity index is 594. The Hall–Kier alpha value is -1.23. The van der Waals surface area contributed by atoms with E-state index in [4.69, 9.17) is 10.1 Å². The van der Waals surface area contributed by atoms with Crippen molar-refractivity contribution in [2.75, 3.05) is 0 Å². The first kappa shape index (κ1) is 16.1. The van der Waals surface area contributed by atoms with E-state index < -0.39 is 5.97 Å². The van der Waals surface area contributed by atoms with Crippen LogP contribution in [0.25, 0.3) is 0 Å². The number of aliphatic imine (C=N–C) groups is 1. The molecule has 1 aromatic heterocycles. The lowest BCUT2D eigenvalue weighted by molar-refractivity contribution is -0.685. The van der Waals surface area contributed by atoms with Crippen LogP contribution in [0.2, 0.25) is 0 Å². The summed E-state index contributed by atoms with van der Waals surface area (Å²) in [5.41, 5.74) is 2.36. The molecule has 1 aliphatic rings. The van der Waals surface area contributed by atoms with Crippen LogP contribution in [0.5, 0.6) is 0 Å². The number of aromatic nitrogens is 1. The summed E-state index contributed by atoms with van der Waals surface area (Å²) in [6.07, 6.45) is 4.95. The Morgan fingerprint density at radius 1 is 1.38 bits per heavy atom. The van der Waals surface area contributed by atoms with Gasteiger partial charge in [0.25, 0.3) is 0 Å². The van der Waals surface area contributed by atoms with Crippen LogP contribution in [0.4, 0.5) is 5.82 Å².